The van der Waals surface area contributed by atoms with Gasteiger partial charge in [-0.2, -0.15) is 5.10 Å². The summed E-state index contributed by atoms with van der Waals surface area (Å²) >= 11 is 0. The van der Waals surface area contributed by atoms with Gasteiger partial charge in [0, 0.05) is 46.5 Å². The van der Waals surface area contributed by atoms with E-state index in [4.69, 9.17) is 0 Å². The van der Waals surface area contributed by atoms with Crippen LogP contribution in [-0.4, -0.2) is 59.2 Å². The first-order valence-electron chi connectivity index (χ1n) is 9.35. The van der Waals surface area contributed by atoms with Gasteiger partial charge in [0.1, 0.15) is 0 Å². The molecule has 26 heavy (non-hydrogen) atoms. The number of piperazine rings is 1. The average Bonchev–Trinajstić information content (AvgIpc) is 2.99. The number of carbonyl (C=O) groups is 2. The predicted molar refractivity (Wildman–Crippen MR) is 102 cm³/mol. The molecule has 2 fully saturated rings. The average molecular weight is 357 g/mol. The van der Waals surface area contributed by atoms with Crippen molar-refractivity contribution in [1.29, 1.82) is 0 Å². The topological polar surface area (TPSA) is 70.5 Å². The van der Waals surface area contributed by atoms with Gasteiger partial charge in [-0.25, -0.2) is 0 Å². The molecule has 1 aromatic heterocycles. The van der Waals surface area contributed by atoms with Gasteiger partial charge in [0.05, 0.1) is 22.8 Å². The predicted octanol–water partition coefficient (Wildman–Crippen LogP) is 1.48. The van der Waals surface area contributed by atoms with Crippen LogP contribution in [0.25, 0.3) is 10.9 Å². The van der Waals surface area contributed by atoms with Crippen LogP contribution in [0, 0.1) is 0 Å². The van der Waals surface area contributed by atoms with Gasteiger partial charge >= 0.3 is 0 Å². The molecule has 0 saturated carbocycles. The Morgan fingerprint density at radius 1 is 1.23 bits per heavy atom. The van der Waals surface area contributed by atoms with Crippen LogP contribution in [0.1, 0.15) is 32.8 Å². The number of rotatable bonds is 3. The van der Waals surface area contributed by atoms with Gasteiger partial charge in [0.2, 0.25) is 11.8 Å². The van der Waals surface area contributed by atoms with E-state index in [1.54, 1.807) is 0 Å². The number of nitrogens with zero attached hydrogens (tertiary/aromatic N) is 4. The molecule has 1 aromatic carbocycles. The molecular formula is C19H27N5O2. The molecule has 1 atom stereocenters. The van der Waals surface area contributed by atoms with Crippen molar-refractivity contribution in [2.45, 2.75) is 25.7 Å². The first-order chi connectivity index (χ1) is 12.6. The first kappa shape index (κ1) is 17.0. The zero-order valence-corrected chi connectivity index (χ0v) is 15.4. The number of piperidine rings is 1. The van der Waals surface area contributed by atoms with Crippen molar-refractivity contribution in [3.8, 4) is 0 Å². The lowest BCUT2D eigenvalue weighted by molar-refractivity contribution is -0.134. The van der Waals surface area contributed by atoms with Crippen molar-refractivity contribution in [2.24, 2.45) is 7.05 Å². The van der Waals surface area contributed by atoms with E-state index in [-0.39, 0.29) is 19.2 Å². The number of hydrogen-bond donors (Lipinski definition) is 1. The molecule has 2 aromatic rings. The molecule has 0 bridgehead atoms. The summed E-state index contributed by atoms with van der Waals surface area (Å²) in [6, 6.07) is 6.22. The van der Waals surface area contributed by atoms with E-state index in [1.807, 2.05) is 23.9 Å². The molecule has 0 spiro atoms. The number of benzene rings is 1. The molecule has 4 rings (SSSR count). The zero-order valence-electron chi connectivity index (χ0n) is 15.4. The molecule has 2 aliphatic heterocycles. The number of likely N-dealkylation sites (N-methyl/N-ethyl adjacent to an activating group) is 1. The number of anilines is 1. The van der Waals surface area contributed by atoms with E-state index in [0.29, 0.717) is 12.8 Å². The summed E-state index contributed by atoms with van der Waals surface area (Å²) in [6.07, 6.45) is 0.892. The number of aromatic nitrogens is 2. The fraction of sp³-hybridized carbons (Fsp3) is 0.526. The van der Waals surface area contributed by atoms with Gasteiger partial charge in [0.15, 0.2) is 0 Å². The maximum Gasteiger partial charge on any atom is 0.235 e. The maximum atomic E-state index is 12.3. The summed E-state index contributed by atoms with van der Waals surface area (Å²) in [6.45, 7) is 7.39. The molecule has 0 aliphatic carbocycles. The van der Waals surface area contributed by atoms with E-state index in [2.05, 4.69) is 33.2 Å². The van der Waals surface area contributed by atoms with E-state index in [0.717, 1.165) is 49.3 Å². The highest BCUT2D eigenvalue weighted by Crippen LogP contribution is 2.34. The zero-order chi connectivity index (χ0) is 18.3. The molecule has 7 nitrogen and oxygen atoms in total. The van der Waals surface area contributed by atoms with Crippen LogP contribution in [0.4, 0.5) is 5.69 Å². The highest BCUT2D eigenvalue weighted by atomic mass is 16.2. The number of carbonyl (C=O) groups excluding carboxylic acids is 2. The lowest BCUT2D eigenvalue weighted by atomic mass is 9.92. The third-order valence-electron chi connectivity index (χ3n) is 5.60. The van der Waals surface area contributed by atoms with Crippen molar-refractivity contribution in [2.75, 3.05) is 37.6 Å². The van der Waals surface area contributed by atoms with Crippen molar-refractivity contribution in [1.82, 2.24) is 20.0 Å². The first-order valence-corrected chi connectivity index (χ1v) is 9.35. The Morgan fingerprint density at radius 2 is 2.00 bits per heavy atom. The Morgan fingerprint density at radius 3 is 2.69 bits per heavy atom. The fourth-order valence-electron chi connectivity index (χ4n) is 4.12. The Labute approximate surface area is 154 Å². The molecule has 2 aliphatic rings. The van der Waals surface area contributed by atoms with Crippen molar-refractivity contribution < 1.29 is 11.0 Å². The molecule has 2 saturated heterocycles. The second-order valence-corrected chi connectivity index (χ2v) is 7.11. The summed E-state index contributed by atoms with van der Waals surface area (Å²) in [5.74, 6) is -0.784. The van der Waals surface area contributed by atoms with Crippen LogP contribution >= 0.6 is 0 Å². The highest BCUT2D eigenvalue weighted by Gasteiger charge is 2.32. The highest BCUT2D eigenvalue weighted by molar-refractivity contribution is 6.03. The standard InChI is InChI=1S/C19H25N5O2.H2/c1-3-23-9-11-24(12-10-23)15-6-4-5-13-17(21-22(2)18(13)15)14-7-8-16(25)20-19(14)26;/h4-6,14H,3,7-12H2,1-2H3,(H,20,25,26);1H. The number of hydrogen-bond acceptors (Lipinski definition) is 5. The smallest absolute Gasteiger partial charge is 0.235 e. The Hall–Kier alpha value is -2.41. The van der Waals surface area contributed by atoms with Crippen LogP contribution in [0.3, 0.4) is 0 Å². The summed E-state index contributed by atoms with van der Waals surface area (Å²) in [7, 11) is 1.93. The monoisotopic (exact) mass is 357 g/mol. The third kappa shape index (κ3) is 2.86. The third-order valence-corrected chi connectivity index (χ3v) is 5.60. The van der Waals surface area contributed by atoms with Crippen LogP contribution in [-0.2, 0) is 16.6 Å². The largest absolute Gasteiger partial charge is 0.367 e. The lowest BCUT2D eigenvalue weighted by Gasteiger charge is -2.35. The summed E-state index contributed by atoms with van der Waals surface area (Å²) in [5, 5.41) is 8.14. The summed E-state index contributed by atoms with van der Waals surface area (Å²) < 4.78 is 1.88. The van der Waals surface area contributed by atoms with Crippen LogP contribution in [0.2, 0.25) is 0 Å². The Kier molecular flexibility index (Phi) is 4.40. The number of amides is 2. The van der Waals surface area contributed by atoms with Gasteiger partial charge in [-0.1, -0.05) is 19.1 Å². The van der Waals surface area contributed by atoms with Crippen LogP contribution in [0.5, 0.6) is 0 Å². The molecule has 1 unspecified atom stereocenters. The van der Waals surface area contributed by atoms with Crippen molar-refractivity contribution in [3.05, 3.63) is 23.9 Å². The molecular weight excluding hydrogens is 330 g/mol. The SMILES string of the molecule is CCN1CCN(c2cccc3c(C4CCC(=O)NC4=O)nn(C)c23)CC1.[HH]. The molecule has 1 N–H and O–H groups in total. The van der Waals surface area contributed by atoms with Crippen LogP contribution in [0.15, 0.2) is 18.2 Å². The van der Waals surface area contributed by atoms with Crippen LogP contribution < -0.4 is 10.2 Å². The second-order valence-electron chi connectivity index (χ2n) is 7.11. The van der Waals surface area contributed by atoms with Crippen molar-refractivity contribution >= 4 is 28.4 Å². The number of para-hydroxylation sites is 1. The minimum Gasteiger partial charge on any atom is -0.367 e. The van der Waals surface area contributed by atoms with Gasteiger partial charge in [-0.3, -0.25) is 19.6 Å². The Bertz CT molecular complexity index is 857. The fourth-order valence-corrected chi connectivity index (χ4v) is 4.12. The van der Waals surface area contributed by atoms with Gasteiger partial charge < -0.3 is 9.80 Å². The normalized spacial score (nSPS) is 22.1. The molecule has 3 heterocycles. The van der Waals surface area contributed by atoms with Gasteiger partial charge in [0.25, 0.3) is 0 Å². The molecule has 2 amide bonds. The Balaban J connectivity index is 0.00000210. The molecule has 0 radical (unpaired) electrons. The van der Waals surface area contributed by atoms with Gasteiger partial charge in [-0.05, 0) is 19.0 Å². The number of nitrogens with one attached hydrogen (secondary N) is 1. The van der Waals surface area contributed by atoms with Crippen molar-refractivity contribution in [3.63, 3.8) is 0 Å². The summed E-state index contributed by atoms with van der Waals surface area (Å²) in [4.78, 5) is 28.6. The minimum absolute atomic E-state index is 0. The molecule has 7 heteroatoms. The number of fused-ring (bicyclic) bond motifs is 1. The summed E-state index contributed by atoms with van der Waals surface area (Å²) in [5.41, 5.74) is 3.02. The number of imide groups is 1. The van der Waals surface area contributed by atoms with E-state index < -0.39 is 0 Å². The van der Waals surface area contributed by atoms with E-state index >= 15 is 0 Å². The second kappa shape index (κ2) is 6.72. The minimum atomic E-state index is -0.358. The quantitative estimate of drug-likeness (QED) is 0.843. The number of aryl methyl sites for hydroxylation is 1. The molecule has 140 valence electrons. The maximum absolute atomic E-state index is 12.3. The lowest BCUT2D eigenvalue weighted by Crippen LogP contribution is -2.46. The van der Waals surface area contributed by atoms with E-state index in [9.17, 15) is 9.59 Å². The van der Waals surface area contributed by atoms with E-state index in [1.165, 1.54) is 5.69 Å². The van der Waals surface area contributed by atoms with Gasteiger partial charge in [-0.15, -0.1) is 0 Å².